The maximum atomic E-state index is 11.5. The molecule has 0 unspecified atom stereocenters. The fourth-order valence-corrected chi connectivity index (χ4v) is 1.94. The molecular formula is C12H24N2O2. The van der Waals surface area contributed by atoms with Crippen molar-refractivity contribution >= 4 is 6.09 Å². The van der Waals surface area contributed by atoms with Gasteiger partial charge in [0.1, 0.15) is 5.60 Å². The van der Waals surface area contributed by atoms with E-state index in [1.165, 1.54) is 6.42 Å². The molecule has 0 spiro atoms. The summed E-state index contributed by atoms with van der Waals surface area (Å²) in [6.07, 6.45) is 1.90. The lowest BCUT2D eigenvalue weighted by Crippen LogP contribution is -2.40. The number of carbonyl (C=O) groups excluding carboxylic acids is 1. The van der Waals surface area contributed by atoms with E-state index in [0.717, 1.165) is 26.1 Å². The molecule has 1 atom stereocenters. The van der Waals surface area contributed by atoms with E-state index in [1.807, 2.05) is 20.8 Å². The van der Waals surface area contributed by atoms with Crippen molar-refractivity contribution in [2.24, 2.45) is 0 Å². The number of nitrogens with zero attached hydrogens (tertiary/aromatic N) is 1. The summed E-state index contributed by atoms with van der Waals surface area (Å²) in [4.78, 5) is 13.9. The summed E-state index contributed by atoms with van der Waals surface area (Å²) in [6.45, 7) is 11.0. The van der Waals surface area contributed by atoms with Gasteiger partial charge in [0.15, 0.2) is 0 Å². The molecule has 0 radical (unpaired) electrons. The van der Waals surface area contributed by atoms with E-state index in [9.17, 15) is 4.79 Å². The second-order valence-electron chi connectivity index (χ2n) is 5.43. The van der Waals surface area contributed by atoms with Gasteiger partial charge in [-0.2, -0.15) is 0 Å². The predicted molar refractivity (Wildman–Crippen MR) is 64.5 cm³/mol. The van der Waals surface area contributed by atoms with Crippen molar-refractivity contribution in [1.82, 2.24) is 10.2 Å². The van der Waals surface area contributed by atoms with E-state index in [1.54, 1.807) is 0 Å². The van der Waals surface area contributed by atoms with Gasteiger partial charge in [0.25, 0.3) is 0 Å². The average molecular weight is 228 g/mol. The molecule has 0 aromatic heterocycles. The van der Waals surface area contributed by atoms with Gasteiger partial charge in [-0.3, -0.25) is 0 Å². The van der Waals surface area contributed by atoms with Crippen LogP contribution in [0.4, 0.5) is 4.79 Å². The van der Waals surface area contributed by atoms with Gasteiger partial charge in [-0.25, -0.2) is 4.79 Å². The average Bonchev–Trinajstić information content (AvgIpc) is 2.49. The van der Waals surface area contributed by atoms with E-state index in [0.29, 0.717) is 0 Å². The molecule has 0 aliphatic carbocycles. The van der Waals surface area contributed by atoms with Crippen LogP contribution >= 0.6 is 0 Å². The Labute approximate surface area is 98.3 Å². The Morgan fingerprint density at radius 2 is 2.19 bits per heavy atom. The molecule has 1 fully saturated rings. The lowest BCUT2D eigenvalue weighted by atomic mass is 10.2. The van der Waals surface area contributed by atoms with Gasteiger partial charge < -0.3 is 15.0 Å². The van der Waals surface area contributed by atoms with Crippen LogP contribution in [0.3, 0.4) is 0 Å². The van der Waals surface area contributed by atoms with Crippen LogP contribution in [0.2, 0.25) is 0 Å². The zero-order chi connectivity index (χ0) is 12.2. The monoisotopic (exact) mass is 228 g/mol. The molecule has 0 aromatic rings. The van der Waals surface area contributed by atoms with Crippen molar-refractivity contribution in [3.63, 3.8) is 0 Å². The molecule has 1 aliphatic rings. The molecule has 0 aromatic carbocycles. The number of likely N-dealkylation sites (tertiary alicyclic amines) is 1. The minimum absolute atomic E-state index is 0.251. The van der Waals surface area contributed by atoms with Gasteiger partial charge in [0.05, 0.1) is 0 Å². The molecular weight excluding hydrogens is 204 g/mol. The van der Waals surface area contributed by atoms with Crippen molar-refractivity contribution in [3.05, 3.63) is 0 Å². The number of amides is 1. The Hall–Kier alpha value is -0.770. The molecule has 1 saturated heterocycles. The molecule has 0 saturated carbocycles. The third-order valence-corrected chi connectivity index (χ3v) is 2.53. The summed E-state index contributed by atoms with van der Waals surface area (Å²) in [5, 5.41) is 2.92. The highest BCUT2D eigenvalue weighted by Crippen LogP contribution is 2.11. The Balaban J connectivity index is 2.26. The first-order chi connectivity index (χ1) is 7.40. The largest absolute Gasteiger partial charge is 0.444 e. The second kappa shape index (κ2) is 5.53. The van der Waals surface area contributed by atoms with Crippen LogP contribution in [0.25, 0.3) is 0 Å². The maximum Gasteiger partial charge on any atom is 0.407 e. The Morgan fingerprint density at radius 3 is 2.75 bits per heavy atom. The molecule has 94 valence electrons. The number of rotatable bonds is 3. The number of hydrogen-bond donors (Lipinski definition) is 1. The fourth-order valence-electron chi connectivity index (χ4n) is 1.94. The highest BCUT2D eigenvalue weighted by atomic mass is 16.6. The standard InChI is InChI=1S/C12H24N2O2/c1-5-7-14-8-6-10(9-14)13-11(15)16-12(2,3)4/h10H,5-9H2,1-4H3,(H,13,15)/t10-/m1/s1. The summed E-state index contributed by atoms with van der Waals surface area (Å²) in [5.41, 5.74) is -0.411. The topological polar surface area (TPSA) is 41.6 Å². The number of hydrogen-bond acceptors (Lipinski definition) is 3. The smallest absolute Gasteiger partial charge is 0.407 e. The van der Waals surface area contributed by atoms with Crippen molar-refractivity contribution in [2.45, 2.75) is 52.2 Å². The van der Waals surface area contributed by atoms with Crippen molar-refractivity contribution in [3.8, 4) is 0 Å². The Bertz CT molecular complexity index is 236. The van der Waals surface area contributed by atoms with Gasteiger partial charge in [-0.15, -0.1) is 0 Å². The van der Waals surface area contributed by atoms with Gasteiger partial charge in [0, 0.05) is 19.1 Å². The molecule has 1 aliphatic heterocycles. The van der Waals surface area contributed by atoms with Crippen LogP contribution in [-0.2, 0) is 4.74 Å². The molecule has 1 heterocycles. The SMILES string of the molecule is CCCN1CC[C@@H](NC(=O)OC(C)(C)C)C1. The summed E-state index contributed by atoms with van der Waals surface area (Å²) in [6, 6.07) is 0.251. The third-order valence-electron chi connectivity index (χ3n) is 2.53. The second-order valence-corrected chi connectivity index (χ2v) is 5.43. The summed E-state index contributed by atoms with van der Waals surface area (Å²) >= 11 is 0. The van der Waals surface area contributed by atoms with Crippen molar-refractivity contribution in [1.29, 1.82) is 0 Å². The summed E-state index contributed by atoms with van der Waals surface area (Å²) in [7, 11) is 0. The lowest BCUT2D eigenvalue weighted by molar-refractivity contribution is 0.0506. The number of alkyl carbamates (subject to hydrolysis) is 1. The third kappa shape index (κ3) is 4.84. The van der Waals surface area contributed by atoms with E-state index >= 15 is 0 Å². The van der Waals surface area contributed by atoms with Gasteiger partial charge in [-0.05, 0) is 40.2 Å². The highest BCUT2D eigenvalue weighted by molar-refractivity contribution is 5.68. The van der Waals surface area contributed by atoms with Gasteiger partial charge in [-0.1, -0.05) is 6.92 Å². The highest BCUT2D eigenvalue weighted by Gasteiger charge is 2.25. The van der Waals surface area contributed by atoms with Crippen molar-refractivity contribution in [2.75, 3.05) is 19.6 Å². The molecule has 1 rings (SSSR count). The molecule has 4 heteroatoms. The molecule has 4 nitrogen and oxygen atoms in total. The van der Waals surface area contributed by atoms with Crippen LogP contribution in [0, 0.1) is 0 Å². The number of nitrogens with one attached hydrogen (secondary N) is 1. The van der Waals surface area contributed by atoms with E-state index < -0.39 is 5.60 Å². The summed E-state index contributed by atoms with van der Waals surface area (Å²) < 4.78 is 5.23. The first-order valence-corrected chi connectivity index (χ1v) is 6.12. The minimum Gasteiger partial charge on any atom is -0.444 e. The molecule has 1 amide bonds. The fraction of sp³-hybridized carbons (Fsp3) is 0.917. The molecule has 0 bridgehead atoms. The first kappa shape index (κ1) is 13.3. The Morgan fingerprint density at radius 1 is 1.50 bits per heavy atom. The quantitative estimate of drug-likeness (QED) is 0.803. The maximum absolute atomic E-state index is 11.5. The van der Waals surface area contributed by atoms with Crippen molar-refractivity contribution < 1.29 is 9.53 Å². The first-order valence-electron chi connectivity index (χ1n) is 6.12. The Kier molecular flexibility index (Phi) is 4.59. The van der Waals surface area contributed by atoms with Crippen LogP contribution in [0.1, 0.15) is 40.5 Å². The predicted octanol–water partition coefficient (Wildman–Crippen LogP) is 2.00. The van der Waals surface area contributed by atoms with Crippen LogP contribution in [0.5, 0.6) is 0 Å². The van der Waals surface area contributed by atoms with Gasteiger partial charge >= 0.3 is 6.09 Å². The molecule has 16 heavy (non-hydrogen) atoms. The normalized spacial score (nSPS) is 22.1. The van der Waals surface area contributed by atoms with E-state index in [-0.39, 0.29) is 12.1 Å². The zero-order valence-corrected chi connectivity index (χ0v) is 10.9. The number of ether oxygens (including phenoxy) is 1. The lowest BCUT2D eigenvalue weighted by Gasteiger charge is -2.22. The van der Waals surface area contributed by atoms with Crippen LogP contribution < -0.4 is 5.32 Å². The zero-order valence-electron chi connectivity index (χ0n) is 10.9. The molecule has 1 N–H and O–H groups in total. The van der Waals surface area contributed by atoms with Gasteiger partial charge in [0.2, 0.25) is 0 Å². The van der Waals surface area contributed by atoms with E-state index in [2.05, 4.69) is 17.1 Å². The van der Waals surface area contributed by atoms with Crippen LogP contribution in [0.15, 0.2) is 0 Å². The van der Waals surface area contributed by atoms with Crippen LogP contribution in [-0.4, -0.2) is 42.3 Å². The number of carbonyl (C=O) groups is 1. The summed E-state index contributed by atoms with van der Waals surface area (Å²) in [5.74, 6) is 0. The van der Waals surface area contributed by atoms with E-state index in [4.69, 9.17) is 4.74 Å². The minimum atomic E-state index is -0.411.